The standard InChI is InChI=1S/C11H12O3/c1-7(2)5-6-11-9(13)4-3-8(12)10(11)14-11/h3-4,8-10,12-13H,1H2,2H3/t8-,9-,10-,11+/m0/s1. The normalized spacial score (nSPS) is 43.5. The number of ether oxygens (including phenoxy) is 1. The van der Waals surface area contributed by atoms with Gasteiger partial charge in [0.2, 0.25) is 0 Å². The lowest BCUT2D eigenvalue weighted by Gasteiger charge is -2.16. The number of hydrogen-bond acceptors (Lipinski definition) is 3. The number of aliphatic hydroxyl groups excluding tert-OH is 2. The highest BCUT2D eigenvalue weighted by Crippen LogP contribution is 2.44. The molecule has 14 heavy (non-hydrogen) atoms. The summed E-state index contributed by atoms with van der Waals surface area (Å²) >= 11 is 0. The van der Waals surface area contributed by atoms with Gasteiger partial charge >= 0.3 is 0 Å². The van der Waals surface area contributed by atoms with Crippen LogP contribution in [0.5, 0.6) is 0 Å². The average Bonchev–Trinajstić information content (AvgIpc) is 2.86. The second-order valence-electron chi connectivity index (χ2n) is 3.68. The Morgan fingerprint density at radius 1 is 1.50 bits per heavy atom. The van der Waals surface area contributed by atoms with Crippen molar-refractivity contribution in [1.82, 2.24) is 0 Å². The monoisotopic (exact) mass is 192 g/mol. The van der Waals surface area contributed by atoms with Crippen molar-refractivity contribution >= 4 is 0 Å². The fraction of sp³-hybridized carbons (Fsp3) is 0.455. The summed E-state index contributed by atoms with van der Waals surface area (Å²) in [6.07, 6.45) is 1.22. The van der Waals surface area contributed by atoms with Gasteiger partial charge in [0.05, 0.1) is 0 Å². The van der Waals surface area contributed by atoms with Crippen LogP contribution in [0.2, 0.25) is 0 Å². The summed E-state index contributed by atoms with van der Waals surface area (Å²) in [5, 5.41) is 19.1. The third kappa shape index (κ3) is 1.28. The molecule has 0 radical (unpaired) electrons. The van der Waals surface area contributed by atoms with Crippen LogP contribution in [-0.4, -0.2) is 34.1 Å². The lowest BCUT2D eigenvalue weighted by Crippen LogP contribution is -2.36. The molecule has 0 bridgehead atoms. The second kappa shape index (κ2) is 2.96. The highest BCUT2D eigenvalue weighted by atomic mass is 16.6. The summed E-state index contributed by atoms with van der Waals surface area (Å²) in [7, 11) is 0. The number of rotatable bonds is 0. The lowest BCUT2D eigenvalue weighted by molar-refractivity contribution is 0.144. The van der Waals surface area contributed by atoms with Gasteiger partial charge in [0.1, 0.15) is 18.3 Å². The zero-order valence-electron chi connectivity index (χ0n) is 7.90. The maximum atomic E-state index is 9.65. The molecule has 1 fully saturated rings. The molecule has 2 aliphatic rings. The van der Waals surface area contributed by atoms with Crippen LogP contribution in [0.3, 0.4) is 0 Å². The van der Waals surface area contributed by atoms with E-state index in [4.69, 9.17) is 4.74 Å². The molecule has 1 heterocycles. The van der Waals surface area contributed by atoms with Gasteiger partial charge in [-0.2, -0.15) is 0 Å². The van der Waals surface area contributed by atoms with Gasteiger partial charge in [0, 0.05) is 0 Å². The van der Waals surface area contributed by atoms with Crippen molar-refractivity contribution in [3.8, 4) is 11.8 Å². The van der Waals surface area contributed by atoms with Crippen LogP contribution in [0.4, 0.5) is 0 Å². The van der Waals surface area contributed by atoms with E-state index in [1.54, 1.807) is 6.92 Å². The quantitative estimate of drug-likeness (QED) is 0.322. The summed E-state index contributed by atoms with van der Waals surface area (Å²) in [5.41, 5.74) is -0.183. The van der Waals surface area contributed by atoms with Crippen molar-refractivity contribution in [3.05, 3.63) is 24.3 Å². The van der Waals surface area contributed by atoms with Crippen LogP contribution in [0, 0.1) is 11.8 Å². The largest absolute Gasteiger partial charge is 0.386 e. The molecular formula is C11H12O3. The van der Waals surface area contributed by atoms with E-state index in [1.807, 2.05) is 0 Å². The van der Waals surface area contributed by atoms with Gasteiger partial charge in [0.15, 0.2) is 5.60 Å². The Bertz CT molecular complexity index is 360. The molecule has 1 aliphatic heterocycles. The predicted octanol–water partition coefficient (Wildman–Crippen LogP) is -0.00490. The minimum atomic E-state index is -0.896. The van der Waals surface area contributed by atoms with Crippen molar-refractivity contribution in [1.29, 1.82) is 0 Å². The molecule has 3 nitrogen and oxygen atoms in total. The van der Waals surface area contributed by atoms with Gasteiger partial charge in [0.25, 0.3) is 0 Å². The molecule has 0 saturated carbocycles. The molecule has 74 valence electrons. The van der Waals surface area contributed by atoms with Crippen LogP contribution in [0.25, 0.3) is 0 Å². The van der Waals surface area contributed by atoms with Gasteiger partial charge < -0.3 is 14.9 Å². The fourth-order valence-corrected chi connectivity index (χ4v) is 1.58. The Hall–Kier alpha value is -1.08. The minimum absolute atomic E-state index is 0.394. The van der Waals surface area contributed by atoms with Crippen molar-refractivity contribution < 1.29 is 14.9 Å². The second-order valence-corrected chi connectivity index (χ2v) is 3.68. The number of hydrogen-bond donors (Lipinski definition) is 2. The van der Waals surface area contributed by atoms with E-state index < -0.39 is 23.9 Å². The van der Waals surface area contributed by atoms with E-state index in [2.05, 4.69) is 18.4 Å². The highest BCUT2D eigenvalue weighted by Gasteiger charge is 2.64. The third-order valence-electron chi connectivity index (χ3n) is 2.40. The molecule has 0 aromatic rings. The molecule has 0 aromatic carbocycles. The van der Waals surface area contributed by atoms with Crippen LogP contribution in [0.1, 0.15) is 6.92 Å². The topological polar surface area (TPSA) is 53.0 Å². The van der Waals surface area contributed by atoms with Crippen molar-refractivity contribution in [2.45, 2.75) is 30.8 Å². The first-order valence-electron chi connectivity index (χ1n) is 4.47. The van der Waals surface area contributed by atoms with Gasteiger partial charge in [-0.05, 0) is 12.5 Å². The van der Waals surface area contributed by atoms with E-state index in [-0.39, 0.29) is 0 Å². The molecule has 4 atom stereocenters. The molecule has 1 saturated heterocycles. The zero-order chi connectivity index (χ0) is 10.3. The van der Waals surface area contributed by atoms with Crippen LogP contribution in [-0.2, 0) is 4.74 Å². The zero-order valence-corrected chi connectivity index (χ0v) is 7.90. The molecule has 0 unspecified atom stereocenters. The summed E-state index contributed by atoms with van der Waals surface area (Å²) < 4.78 is 5.26. The van der Waals surface area contributed by atoms with Gasteiger partial charge in [-0.1, -0.05) is 30.6 Å². The van der Waals surface area contributed by atoms with Crippen molar-refractivity contribution in [2.24, 2.45) is 0 Å². The summed E-state index contributed by atoms with van der Waals surface area (Å²) in [5.74, 6) is 5.59. The Kier molecular flexibility index (Phi) is 2.00. The van der Waals surface area contributed by atoms with Crippen LogP contribution >= 0.6 is 0 Å². The molecule has 1 aliphatic carbocycles. The Balaban J connectivity index is 2.24. The maximum absolute atomic E-state index is 9.65. The summed E-state index contributed by atoms with van der Waals surface area (Å²) in [6, 6.07) is 0. The van der Waals surface area contributed by atoms with Crippen LogP contribution in [0.15, 0.2) is 24.3 Å². The molecule has 0 aromatic heterocycles. The molecular weight excluding hydrogens is 180 g/mol. The minimum Gasteiger partial charge on any atom is -0.386 e. The summed E-state index contributed by atoms with van der Waals surface area (Å²) in [4.78, 5) is 0. The first-order chi connectivity index (χ1) is 6.56. The predicted molar refractivity (Wildman–Crippen MR) is 51.3 cm³/mol. The SMILES string of the molecule is C=C(C)C#C[C@]12O[C@H]1[C@@H](O)C=C[C@@H]2O. The molecule has 3 heteroatoms. The van der Waals surface area contributed by atoms with Gasteiger partial charge in [-0.15, -0.1) is 0 Å². The van der Waals surface area contributed by atoms with E-state index in [9.17, 15) is 10.2 Å². The number of epoxide rings is 1. The first-order valence-corrected chi connectivity index (χ1v) is 4.47. The molecule has 0 amide bonds. The maximum Gasteiger partial charge on any atom is 0.187 e. The summed E-state index contributed by atoms with van der Waals surface area (Å²) in [6.45, 7) is 5.42. The highest BCUT2D eigenvalue weighted by molar-refractivity contribution is 5.40. The van der Waals surface area contributed by atoms with Crippen molar-refractivity contribution in [2.75, 3.05) is 0 Å². The van der Waals surface area contributed by atoms with Gasteiger partial charge in [-0.3, -0.25) is 0 Å². The Morgan fingerprint density at radius 2 is 2.21 bits per heavy atom. The number of aliphatic hydroxyl groups is 2. The number of fused-ring (bicyclic) bond motifs is 1. The number of allylic oxidation sites excluding steroid dienone is 1. The lowest BCUT2D eigenvalue weighted by atomic mass is 9.90. The van der Waals surface area contributed by atoms with Crippen LogP contribution < -0.4 is 0 Å². The van der Waals surface area contributed by atoms with E-state index in [0.717, 1.165) is 0 Å². The van der Waals surface area contributed by atoms with Gasteiger partial charge in [-0.25, -0.2) is 0 Å². The third-order valence-corrected chi connectivity index (χ3v) is 2.40. The smallest absolute Gasteiger partial charge is 0.187 e. The Morgan fingerprint density at radius 3 is 2.86 bits per heavy atom. The van der Waals surface area contributed by atoms with E-state index in [0.29, 0.717) is 5.57 Å². The molecule has 2 N–H and O–H groups in total. The fourth-order valence-electron chi connectivity index (χ4n) is 1.58. The molecule has 0 spiro atoms. The average molecular weight is 192 g/mol. The first kappa shape index (κ1) is 9.47. The Labute approximate surface area is 82.7 Å². The van der Waals surface area contributed by atoms with Crippen molar-refractivity contribution in [3.63, 3.8) is 0 Å². The van der Waals surface area contributed by atoms with E-state index >= 15 is 0 Å². The van der Waals surface area contributed by atoms with E-state index in [1.165, 1.54) is 12.2 Å². The molecule has 2 rings (SSSR count).